The Morgan fingerprint density at radius 2 is 1.96 bits per heavy atom. The van der Waals surface area contributed by atoms with E-state index in [1.165, 1.54) is 46.5 Å². The van der Waals surface area contributed by atoms with Gasteiger partial charge in [-0.3, -0.25) is 14.2 Å². The van der Waals surface area contributed by atoms with Crippen LogP contribution in [0.5, 0.6) is 0 Å². The van der Waals surface area contributed by atoms with Gasteiger partial charge < -0.3 is 5.32 Å². The molecule has 0 radical (unpaired) electrons. The van der Waals surface area contributed by atoms with Crippen molar-refractivity contribution in [3.63, 3.8) is 0 Å². The molecule has 8 nitrogen and oxygen atoms in total. The number of hydrogen-bond acceptors (Lipinski definition) is 6. The van der Waals surface area contributed by atoms with Gasteiger partial charge in [-0.05, 0) is 31.2 Å². The number of aromatic nitrogens is 3. The number of nitrogens with zero attached hydrogens (tertiary/aromatic N) is 3. The third-order valence-corrected chi connectivity index (χ3v) is 6.18. The van der Waals surface area contributed by atoms with Crippen molar-refractivity contribution < 1.29 is 13.2 Å². The molecule has 11 heteroatoms. The summed E-state index contributed by atoms with van der Waals surface area (Å²) in [4.78, 5) is 16.2. The molecule has 1 aromatic carbocycles. The van der Waals surface area contributed by atoms with E-state index in [1.807, 2.05) is 0 Å². The predicted molar refractivity (Wildman–Crippen MR) is 100 cm³/mol. The van der Waals surface area contributed by atoms with E-state index in [1.54, 1.807) is 19.4 Å². The van der Waals surface area contributed by atoms with E-state index in [2.05, 4.69) is 20.1 Å². The van der Waals surface area contributed by atoms with E-state index in [0.29, 0.717) is 11.4 Å². The van der Waals surface area contributed by atoms with E-state index in [9.17, 15) is 13.2 Å². The Bertz CT molecular complexity index is 1040. The Morgan fingerprint density at radius 3 is 2.50 bits per heavy atom. The van der Waals surface area contributed by atoms with Crippen molar-refractivity contribution >= 4 is 49.7 Å². The summed E-state index contributed by atoms with van der Waals surface area (Å²) in [7, 11) is -2.05. The highest BCUT2D eigenvalue weighted by atomic mass is 35.5. The number of hydrogen-bond donors (Lipinski definition) is 2. The number of amides is 1. The van der Waals surface area contributed by atoms with Gasteiger partial charge in [-0.15, -0.1) is 11.3 Å². The summed E-state index contributed by atoms with van der Waals surface area (Å²) in [6, 6.07) is 5.74. The Hall–Kier alpha value is -2.43. The maximum atomic E-state index is 12.3. The lowest BCUT2D eigenvalue weighted by atomic mass is 10.3. The Kier molecular flexibility index (Phi) is 4.99. The van der Waals surface area contributed by atoms with Crippen LogP contribution in [0.3, 0.4) is 0 Å². The lowest BCUT2D eigenvalue weighted by Crippen LogP contribution is -2.15. The molecule has 2 heterocycles. The van der Waals surface area contributed by atoms with Crippen LogP contribution in [0.15, 0.2) is 40.7 Å². The summed E-state index contributed by atoms with van der Waals surface area (Å²) < 4.78 is 28.4. The number of halogens is 1. The summed E-state index contributed by atoms with van der Waals surface area (Å²) in [5, 5.41) is 8.93. The van der Waals surface area contributed by atoms with Crippen LogP contribution in [0.2, 0.25) is 5.02 Å². The van der Waals surface area contributed by atoms with Crippen LogP contribution in [-0.4, -0.2) is 29.1 Å². The van der Waals surface area contributed by atoms with E-state index < -0.39 is 15.9 Å². The van der Waals surface area contributed by atoms with Gasteiger partial charge in [0.25, 0.3) is 15.9 Å². The fourth-order valence-electron chi connectivity index (χ4n) is 2.08. The number of anilines is 2. The molecule has 0 fully saturated rings. The molecule has 0 atom stereocenters. The third-order valence-electron chi connectivity index (χ3n) is 3.55. The van der Waals surface area contributed by atoms with E-state index in [4.69, 9.17) is 11.6 Å². The standard InChI is InChI=1S/C15H14ClN5O3S2/c1-9-12(16)13(19-21(9)2)14(22)18-10-3-5-11(6-4-10)26(23,24)20-15-17-7-8-25-15/h3-8H,1-2H3,(H,17,20)(H,18,22). The zero-order chi connectivity index (χ0) is 18.9. The van der Waals surface area contributed by atoms with Crippen molar-refractivity contribution in [3.8, 4) is 0 Å². The SMILES string of the molecule is Cc1c(Cl)c(C(=O)Nc2ccc(S(=O)(=O)Nc3nccs3)cc2)nn1C. The van der Waals surface area contributed by atoms with Gasteiger partial charge in [-0.25, -0.2) is 13.4 Å². The average molecular weight is 412 g/mol. The van der Waals surface area contributed by atoms with Gasteiger partial charge in [-0.1, -0.05) is 11.6 Å². The first kappa shape index (κ1) is 18.4. The molecule has 2 N–H and O–H groups in total. The summed E-state index contributed by atoms with van der Waals surface area (Å²) in [6.45, 7) is 1.75. The van der Waals surface area contributed by atoms with Gasteiger partial charge in [0.05, 0.1) is 15.6 Å². The molecule has 0 saturated carbocycles. The van der Waals surface area contributed by atoms with Crippen molar-refractivity contribution in [3.05, 3.63) is 52.3 Å². The topological polar surface area (TPSA) is 106 Å². The highest BCUT2D eigenvalue weighted by Gasteiger charge is 2.19. The van der Waals surface area contributed by atoms with E-state index >= 15 is 0 Å². The number of thiazole rings is 1. The Morgan fingerprint density at radius 1 is 1.27 bits per heavy atom. The van der Waals surface area contributed by atoms with Gasteiger partial charge >= 0.3 is 0 Å². The summed E-state index contributed by atoms with van der Waals surface area (Å²) in [5.74, 6) is -0.477. The minimum atomic E-state index is -3.74. The molecule has 0 saturated heterocycles. The first-order chi connectivity index (χ1) is 12.3. The number of carbonyl (C=O) groups is 1. The molecule has 0 aliphatic rings. The van der Waals surface area contributed by atoms with Gasteiger partial charge in [-0.2, -0.15) is 5.10 Å². The molecule has 0 bridgehead atoms. The van der Waals surface area contributed by atoms with Crippen LogP contribution in [0.4, 0.5) is 10.8 Å². The van der Waals surface area contributed by atoms with Crippen LogP contribution in [0.25, 0.3) is 0 Å². The van der Waals surface area contributed by atoms with Crippen molar-refractivity contribution in [1.82, 2.24) is 14.8 Å². The molecule has 3 rings (SSSR count). The van der Waals surface area contributed by atoms with Crippen molar-refractivity contribution in [2.24, 2.45) is 7.05 Å². The molecular weight excluding hydrogens is 398 g/mol. The highest BCUT2D eigenvalue weighted by molar-refractivity contribution is 7.93. The van der Waals surface area contributed by atoms with Crippen LogP contribution in [0.1, 0.15) is 16.2 Å². The lowest BCUT2D eigenvalue weighted by molar-refractivity contribution is 0.102. The smallest absolute Gasteiger partial charge is 0.277 e. The van der Waals surface area contributed by atoms with Crippen molar-refractivity contribution in [2.75, 3.05) is 10.0 Å². The summed E-state index contributed by atoms with van der Waals surface area (Å²) in [6.07, 6.45) is 1.51. The maximum Gasteiger partial charge on any atom is 0.277 e. The molecule has 136 valence electrons. The first-order valence-electron chi connectivity index (χ1n) is 7.31. The molecule has 0 aliphatic carbocycles. The normalized spacial score (nSPS) is 11.3. The minimum absolute atomic E-state index is 0.0532. The maximum absolute atomic E-state index is 12.3. The number of benzene rings is 1. The van der Waals surface area contributed by atoms with Gasteiger partial charge in [0.15, 0.2) is 10.8 Å². The number of nitrogens with one attached hydrogen (secondary N) is 2. The first-order valence-corrected chi connectivity index (χ1v) is 10.0. The second-order valence-electron chi connectivity index (χ2n) is 5.29. The second kappa shape index (κ2) is 7.06. The molecule has 0 spiro atoms. The molecule has 0 aliphatic heterocycles. The minimum Gasteiger partial charge on any atom is -0.321 e. The predicted octanol–water partition coefficient (Wildman–Crippen LogP) is 2.89. The summed E-state index contributed by atoms with van der Waals surface area (Å²) >= 11 is 7.27. The molecule has 26 heavy (non-hydrogen) atoms. The number of sulfonamides is 1. The zero-order valence-corrected chi connectivity index (χ0v) is 16.1. The summed E-state index contributed by atoms with van der Waals surface area (Å²) in [5.41, 5.74) is 1.20. The quantitative estimate of drug-likeness (QED) is 0.671. The Labute approximate surface area is 158 Å². The number of aryl methyl sites for hydroxylation is 1. The largest absolute Gasteiger partial charge is 0.321 e. The lowest BCUT2D eigenvalue weighted by Gasteiger charge is -2.07. The highest BCUT2D eigenvalue weighted by Crippen LogP contribution is 2.22. The Balaban J connectivity index is 1.75. The van der Waals surface area contributed by atoms with Crippen LogP contribution in [0, 0.1) is 6.92 Å². The van der Waals surface area contributed by atoms with Crippen LogP contribution >= 0.6 is 22.9 Å². The monoisotopic (exact) mass is 411 g/mol. The van der Waals surface area contributed by atoms with Crippen molar-refractivity contribution in [2.45, 2.75) is 11.8 Å². The van der Waals surface area contributed by atoms with Gasteiger partial charge in [0, 0.05) is 24.3 Å². The number of carbonyl (C=O) groups excluding carboxylic acids is 1. The molecule has 0 unspecified atom stereocenters. The van der Waals surface area contributed by atoms with E-state index in [-0.39, 0.29) is 20.7 Å². The van der Waals surface area contributed by atoms with Gasteiger partial charge in [0.1, 0.15) is 0 Å². The molecule has 2 aromatic heterocycles. The van der Waals surface area contributed by atoms with Crippen molar-refractivity contribution in [1.29, 1.82) is 0 Å². The molecule has 3 aromatic rings. The number of rotatable bonds is 5. The fraction of sp³-hybridized carbons (Fsp3) is 0.133. The molecule has 1 amide bonds. The third kappa shape index (κ3) is 3.71. The second-order valence-corrected chi connectivity index (χ2v) is 8.25. The van der Waals surface area contributed by atoms with Gasteiger partial charge in [0.2, 0.25) is 0 Å². The van der Waals surface area contributed by atoms with Crippen LogP contribution < -0.4 is 10.0 Å². The molecular formula is C15H14ClN5O3S2. The van der Waals surface area contributed by atoms with E-state index in [0.717, 1.165) is 0 Å². The zero-order valence-electron chi connectivity index (χ0n) is 13.7. The van der Waals surface area contributed by atoms with Crippen LogP contribution in [-0.2, 0) is 17.1 Å². The average Bonchev–Trinajstić information content (AvgIpc) is 3.19. The fourth-order valence-corrected chi connectivity index (χ4v) is 4.12.